The lowest BCUT2D eigenvalue weighted by molar-refractivity contribution is -0.137. The molecule has 7 heteroatoms. The molecule has 0 aliphatic rings. The van der Waals surface area contributed by atoms with Gasteiger partial charge in [0.1, 0.15) is 0 Å². The summed E-state index contributed by atoms with van der Waals surface area (Å²) in [6, 6.07) is 1.15. The number of hydrogen-bond donors (Lipinski definition) is 1. The summed E-state index contributed by atoms with van der Waals surface area (Å²) in [5, 5.41) is -0.345. The third kappa shape index (κ3) is 2.10. The Hall–Kier alpha value is -0.130. The molecule has 14 heavy (non-hydrogen) atoms. The van der Waals surface area contributed by atoms with E-state index < -0.39 is 17.4 Å². The molecule has 0 unspecified atom stereocenters. The number of rotatable bonds is 0. The third-order valence-electron chi connectivity index (χ3n) is 1.49. The van der Waals surface area contributed by atoms with Crippen molar-refractivity contribution in [1.29, 1.82) is 0 Å². The van der Waals surface area contributed by atoms with Crippen molar-refractivity contribution in [3.05, 3.63) is 26.1 Å². The maximum absolute atomic E-state index is 12.4. The highest BCUT2D eigenvalue weighted by Crippen LogP contribution is 2.44. The van der Waals surface area contributed by atoms with Crippen LogP contribution in [-0.4, -0.2) is 0 Å². The van der Waals surface area contributed by atoms with Crippen LogP contribution in [0.15, 0.2) is 10.5 Å². The average Bonchev–Trinajstić information content (AvgIpc) is 1.98. The van der Waals surface area contributed by atoms with Crippen LogP contribution in [0.25, 0.3) is 0 Å². The summed E-state index contributed by atoms with van der Waals surface area (Å²) in [5.74, 6) is 0. The van der Waals surface area contributed by atoms with Gasteiger partial charge in [-0.25, -0.2) is 0 Å². The Morgan fingerprint density at radius 1 is 1.21 bits per heavy atom. The molecular formula is C7H3BrCl2F3N. The first-order valence-electron chi connectivity index (χ1n) is 3.25. The van der Waals surface area contributed by atoms with Crippen LogP contribution in [0.1, 0.15) is 5.56 Å². The van der Waals surface area contributed by atoms with Crippen molar-refractivity contribution in [2.24, 2.45) is 0 Å². The van der Waals surface area contributed by atoms with Crippen molar-refractivity contribution in [3.8, 4) is 0 Å². The molecule has 0 heterocycles. The molecule has 1 aromatic carbocycles. The molecule has 1 rings (SSSR count). The van der Waals surface area contributed by atoms with Gasteiger partial charge >= 0.3 is 6.18 Å². The first-order valence-corrected chi connectivity index (χ1v) is 4.80. The van der Waals surface area contributed by atoms with Gasteiger partial charge in [-0.3, -0.25) is 0 Å². The van der Waals surface area contributed by atoms with Crippen molar-refractivity contribution < 1.29 is 13.2 Å². The van der Waals surface area contributed by atoms with Crippen molar-refractivity contribution in [3.63, 3.8) is 0 Å². The van der Waals surface area contributed by atoms with Crippen LogP contribution >= 0.6 is 39.1 Å². The van der Waals surface area contributed by atoms with E-state index in [2.05, 4.69) is 15.9 Å². The van der Waals surface area contributed by atoms with E-state index in [1.807, 2.05) is 0 Å². The zero-order valence-corrected chi connectivity index (χ0v) is 9.52. The predicted molar refractivity (Wildman–Crippen MR) is 53.6 cm³/mol. The molecule has 1 aromatic rings. The van der Waals surface area contributed by atoms with Crippen LogP contribution in [0.2, 0.25) is 10.0 Å². The molecule has 0 fully saturated rings. The minimum atomic E-state index is -4.59. The topological polar surface area (TPSA) is 26.0 Å². The van der Waals surface area contributed by atoms with E-state index in [0.29, 0.717) is 0 Å². The fourth-order valence-corrected chi connectivity index (χ4v) is 1.90. The van der Waals surface area contributed by atoms with Crippen molar-refractivity contribution in [1.82, 2.24) is 0 Å². The zero-order valence-electron chi connectivity index (χ0n) is 6.42. The molecule has 0 aliphatic heterocycles. The summed E-state index contributed by atoms with van der Waals surface area (Å²) in [4.78, 5) is 0. The first-order chi connectivity index (χ1) is 6.25. The maximum atomic E-state index is 12.4. The van der Waals surface area contributed by atoms with E-state index in [0.717, 1.165) is 6.07 Å². The minimum absolute atomic E-state index is 0.128. The van der Waals surface area contributed by atoms with Crippen LogP contribution in [-0.2, 0) is 6.18 Å². The second kappa shape index (κ2) is 3.79. The highest BCUT2D eigenvalue weighted by atomic mass is 79.9. The summed E-state index contributed by atoms with van der Waals surface area (Å²) in [6.07, 6.45) is -4.59. The Morgan fingerprint density at radius 2 is 1.71 bits per heavy atom. The van der Waals surface area contributed by atoms with Gasteiger partial charge < -0.3 is 5.73 Å². The standard InChI is InChI=1S/C7H3BrCl2F3N/c8-5-2(9)1-3(10)6(14)4(5)7(11,12)13/h1H,14H2. The molecule has 0 bridgehead atoms. The van der Waals surface area contributed by atoms with E-state index in [1.54, 1.807) is 0 Å². The maximum Gasteiger partial charge on any atom is 0.419 e. The smallest absolute Gasteiger partial charge is 0.397 e. The molecule has 2 N–H and O–H groups in total. The molecule has 0 aliphatic carbocycles. The summed E-state index contributed by atoms with van der Waals surface area (Å²) in [7, 11) is 0. The average molecular weight is 309 g/mol. The zero-order chi connectivity index (χ0) is 11.1. The highest BCUT2D eigenvalue weighted by molar-refractivity contribution is 9.10. The van der Waals surface area contributed by atoms with Crippen molar-refractivity contribution >= 4 is 44.8 Å². The normalized spacial score (nSPS) is 11.9. The van der Waals surface area contributed by atoms with Crippen LogP contribution in [0.3, 0.4) is 0 Å². The van der Waals surface area contributed by atoms with E-state index in [9.17, 15) is 13.2 Å². The number of nitrogen functional groups attached to an aromatic ring is 1. The molecule has 0 saturated carbocycles. The van der Waals surface area contributed by atoms with Crippen molar-refractivity contribution in [2.45, 2.75) is 6.18 Å². The van der Waals surface area contributed by atoms with Gasteiger partial charge in [-0.1, -0.05) is 23.2 Å². The molecule has 0 radical (unpaired) electrons. The molecule has 0 aromatic heterocycles. The first kappa shape index (κ1) is 11.9. The van der Waals surface area contributed by atoms with Gasteiger partial charge in [0, 0.05) is 0 Å². The van der Waals surface area contributed by atoms with E-state index in [1.165, 1.54) is 0 Å². The Bertz CT molecular complexity index is 352. The number of alkyl halides is 3. The Kier molecular flexibility index (Phi) is 3.23. The van der Waals surface area contributed by atoms with Crippen molar-refractivity contribution in [2.75, 3.05) is 5.73 Å². The lowest BCUT2D eigenvalue weighted by Gasteiger charge is -2.14. The predicted octanol–water partition coefficient (Wildman–Crippen LogP) is 4.36. The lowest BCUT2D eigenvalue weighted by Crippen LogP contribution is -2.10. The summed E-state index contributed by atoms with van der Waals surface area (Å²) in [6.45, 7) is 0. The monoisotopic (exact) mass is 307 g/mol. The van der Waals surface area contributed by atoms with Crippen LogP contribution in [0.5, 0.6) is 0 Å². The number of nitrogens with two attached hydrogens (primary N) is 1. The van der Waals surface area contributed by atoms with Gasteiger partial charge in [-0.2, -0.15) is 13.2 Å². The van der Waals surface area contributed by atoms with Gasteiger partial charge in [-0.15, -0.1) is 0 Å². The Balaban J connectivity index is 3.56. The largest absolute Gasteiger partial charge is 0.419 e. The highest BCUT2D eigenvalue weighted by Gasteiger charge is 2.37. The third-order valence-corrected chi connectivity index (χ3v) is 3.16. The van der Waals surface area contributed by atoms with Gasteiger partial charge in [0.05, 0.1) is 25.8 Å². The SMILES string of the molecule is Nc1c(Cl)cc(Cl)c(Br)c1C(F)(F)F. The second-order valence-electron chi connectivity index (χ2n) is 2.44. The molecule has 0 amide bonds. The summed E-state index contributed by atoms with van der Waals surface area (Å²) in [5.41, 5.74) is 3.62. The summed E-state index contributed by atoms with van der Waals surface area (Å²) >= 11 is 13.7. The van der Waals surface area contributed by atoms with Gasteiger partial charge in [0.2, 0.25) is 0 Å². The number of halogens is 6. The fraction of sp³-hybridized carbons (Fsp3) is 0.143. The van der Waals surface area contributed by atoms with Gasteiger partial charge in [0.15, 0.2) is 0 Å². The van der Waals surface area contributed by atoms with Crippen LogP contribution in [0, 0.1) is 0 Å². The molecule has 0 spiro atoms. The van der Waals surface area contributed by atoms with Gasteiger partial charge in [0.25, 0.3) is 0 Å². The number of benzene rings is 1. The number of hydrogen-bond acceptors (Lipinski definition) is 1. The molecular weight excluding hydrogens is 306 g/mol. The molecule has 78 valence electrons. The van der Waals surface area contributed by atoms with Gasteiger partial charge in [-0.05, 0) is 22.0 Å². The van der Waals surface area contributed by atoms with Crippen LogP contribution in [0.4, 0.5) is 18.9 Å². The minimum Gasteiger partial charge on any atom is -0.397 e. The number of anilines is 1. The van der Waals surface area contributed by atoms with E-state index >= 15 is 0 Å². The molecule has 1 nitrogen and oxygen atoms in total. The Labute approximate surface area is 96.1 Å². The summed E-state index contributed by atoms with van der Waals surface area (Å²) < 4.78 is 37.0. The second-order valence-corrected chi connectivity index (χ2v) is 4.05. The van der Waals surface area contributed by atoms with E-state index in [4.69, 9.17) is 28.9 Å². The Morgan fingerprint density at radius 3 is 2.14 bits per heavy atom. The van der Waals surface area contributed by atoms with Crippen LogP contribution < -0.4 is 5.73 Å². The molecule has 0 saturated heterocycles. The molecule has 0 atom stereocenters. The fourth-order valence-electron chi connectivity index (χ4n) is 0.887. The lowest BCUT2D eigenvalue weighted by atomic mass is 10.2. The van der Waals surface area contributed by atoms with E-state index in [-0.39, 0.29) is 14.5 Å². The quantitative estimate of drug-likeness (QED) is 0.559.